The van der Waals surface area contributed by atoms with Crippen LogP contribution in [0.4, 0.5) is 0 Å². The maximum atomic E-state index is 4.58. The Kier molecular flexibility index (Phi) is 426. The van der Waals surface area contributed by atoms with Crippen molar-refractivity contribution in [1.82, 2.24) is 18.3 Å². The Labute approximate surface area is 1510 Å². The number of aromatic nitrogens is 4. The summed E-state index contributed by atoms with van der Waals surface area (Å²) in [5.74, 6) is 0. The van der Waals surface area contributed by atoms with Crippen LogP contribution in [-0.4, -0.2) is 40.8 Å². The molecular formula is C65H52N4W57Y-6. The van der Waals surface area contributed by atoms with Crippen LogP contribution in [0.5, 0.6) is 0 Å². The molecule has 0 aliphatic rings. The molecular weight excluding hydrogens is 11400 g/mol. The summed E-state index contributed by atoms with van der Waals surface area (Å²) in [7, 11) is 2.12. The molecule has 0 bridgehead atoms. The van der Waals surface area contributed by atoms with E-state index < -0.39 is 0 Å². The van der Waals surface area contributed by atoms with Crippen LogP contribution in [0.25, 0.3) is 104 Å². The van der Waals surface area contributed by atoms with Crippen molar-refractivity contribution in [3.8, 4) is 17.1 Å². The van der Waals surface area contributed by atoms with E-state index in [1.54, 1.807) is 227 Å². The average molecular weight is 11500 g/mol. The van der Waals surface area contributed by atoms with Crippen LogP contribution in [0, 0.1) is 13.0 Å². The van der Waals surface area contributed by atoms with Crippen LogP contribution in [-0.2, 0) is 1160 Å². The topological polar surface area (TPSA) is 19.7 Å². The Hall–Kier alpha value is 31.9. The molecule has 683 valence electrons. The smallest absolute Gasteiger partial charge is 0 e. The van der Waals surface area contributed by atoms with Crippen molar-refractivity contribution in [1.29, 1.82) is 0 Å². The van der Waals surface area contributed by atoms with Crippen LogP contribution in [0.1, 0.15) is 33.3 Å². The number of hydrogen-bond donors (Lipinski definition) is 0. The monoisotopic (exact) mass is 11500 g/mol. The second-order valence-electron chi connectivity index (χ2n) is 16.5. The molecule has 4 nitrogen and oxygen atoms in total. The second-order valence-corrected chi connectivity index (χ2v) is 22.4. The number of nitrogens with zero attached hydrogens (tertiary/aromatic N) is 4. The fraction of sp³-hybridized carbons (Fsp3) is 0.0923. The van der Waals surface area contributed by atoms with E-state index in [1.165, 1.54) is 170 Å². The number of aryl methyl sites for hydroxylation is 1. The van der Waals surface area contributed by atoms with E-state index in [1.807, 2.05) is 27.7 Å². The largest absolute Gasteiger partial charge is 0 e. The van der Waals surface area contributed by atoms with Crippen LogP contribution in [0.3, 0.4) is 0 Å². The molecule has 1 radical (unpaired) electrons. The molecule has 4 aromatic heterocycles. The van der Waals surface area contributed by atoms with Gasteiger partial charge in [-0.2, -0.15) is 12.1 Å². The third-order valence-corrected chi connectivity index (χ3v) is 12.6. The van der Waals surface area contributed by atoms with E-state index in [0.29, 0.717) is 0 Å². The SMILES string of the molecule is C[C-]=[W].C[C-]=[W].C[C-]=[W].C[C-]=[W].Cc1c(-n2c3ccccc3c3ccccc32)c[c-]c(-n2c3ccccc3c3ccccc32)c1-n1c2ccccc2c2ccccc21.Cn1c2ccccc2c2ccccc21.[CH-]=[W].[W].[W].[W].[W].[W].[W].[W].[W].[W].[W].[W].[W].[W].[W].[W].[W].[W].[W].[W].[W].[W].[W].[W].[W].[W].[W].[W].[W].[W].[W].[W].[W].[W].[W].[W].[W].[W].[W].[W]=[W].[W]=[W].[W]=[W].[W]=[W].[W]=[W].[W]=[W].[W]=[W].[Y]. The molecule has 62 heteroatoms. The van der Waals surface area contributed by atoms with Gasteiger partial charge in [0.1, 0.15) is 0 Å². The molecule has 127 heavy (non-hydrogen) atoms. The van der Waals surface area contributed by atoms with E-state index in [2.05, 4.69) is 261 Å². The molecule has 0 spiro atoms. The van der Waals surface area contributed by atoms with Gasteiger partial charge < -0.3 is 18.3 Å². The quantitative estimate of drug-likeness (QED) is 0.157. The van der Waals surface area contributed by atoms with Gasteiger partial charge in [0.05, 0.1) is 11.0 Å². The van der Waals surface area contributed by atoms with Gasteiger partial charge in [-0.1, -0.05) is 158 Å². The summed E-state index contributed by atoms with van der Waals surface area (Å²) in [4.78, 5) is 4.58. The molecule has 9 aromatic carbocycles. The van der Waals surface area contributed by atoms with Crippen LogP contribution >= 0.6 is 0 Å². The first kappa shape index (κ1) is 280. The zero-order chi connectivity index (χ0) is 66.7. The van der Waals surface area contributed by atoms with Gasteiger partial charge in [0.25, 0.3) is 0 Å². The first-order valence-corrected chi connectivity index (χ1v) is 109. The molecule has 13 aromatic rings. The Morgan fingerprint density at radius 3 is 0.520 bits per heavy atom. The molecule has 0 fully saturated rings. The van der Waals surface area contributed by atoms with Gasteiger partial charge in [-0.05, 0) is 59.9 Å². The van der Waals surface area contributed by atoms with Gasteiger partial charge >= 0.3 is 374 Å². The van der Waals surface area contributed by atoms with Gasteiger partial charge in [-0.25, -0.2) is 0 Å². The molecule has 0 amide bonds. The van der Waals surface area contributed by atoms with Crippen molar-refractivity contribution in [2.75, 3.05) is 0 Å². The van der Waals surface area contributed by atoms with Crippen LogP contribution in [0.15, 0.2) is 200 Å². The van der Waals surface area contributed by atoms with E-state index in [-0.39, 0.29) is 833 Å². The van der Waals surface area contributed by atoms with E-state index in [0.717, 1.165) is 36.4 Å². The Morgan fingerprint density at radius 2 is 0.354 bits per heavy atom. The Balaban J connectivity index is -0.0000000217. The molecule has 0 atom stereocenters. The van der Waals surface area contributed by atoms with Gasteiger partial charge in [0, 0.05) is 916 Å². The molecule has 0 N–H and O–H groups in total. The van der Waals surface area contributed by atoms with Crippen molar-refractivity contribution < 1.29 is 1160 Å². The summed E-state index contributed by atoms with van der Waals surface area (Å²) >= 11 is 30.1. The predicted molar refractivity (Wildman–Crippen MR) is 302 cm³/mol. The summed E-state index contributed by atoms with van der Waals surface area (Å²) in [6.07, 6.45) is 0. The average Bonchev–Trinajstić information content (AvgIpc) is 1.56. The van der Waals surface area contributed by atoms with Crippen molar-refractivity contribution in [3.05, 3.63) is 212 Å². The maximum absolute atomic E-state index is 4.58. The first-order valence-electron chi connectivity index (χ1n) is 24.8. The standard InChI is InChI=1S/C43H28N3.C13H11N.4C2H3.CH.57W.Y/c1-28-35(44-36-20-8-2-14-29(36)30-15-3-9-21-37(30)44)26-27-42(45-38-22-10-4-16-31(38)32-17-5-11-23-39(32)45)43(28)46-40-24-12-6-18-33(40)34-19-7-13-25-41(34)46;1-14-12-8-4-2-6-10(12)11-7-3-5-9-13(11)14;4*1-2;;;;;;;;;;;;;;;;;;;;;;;;;;;;;;;;;;;;;;;;;;;;;;;;;;;;;;;;;;;/h2-26H,1H3;2-9H,1H3;4*1H3;1H;;;;;;;;;;;;;;;;;;;;;;;;;;;;;;;;;;;;;;;;;;;;;;;;;;;;;;;;;;/q-1;;5*-1;;;;;;;;;;;;;;;;;;;;;;;;;;;;;;;;;;;;;;;;;;;;;;;;;;;;;;;;;;. The normalized spacial score (nSPS) is 6.25. The second kappa shape index (κ2) is 193. The van der Waals surface area contributed by atoms with E-state index in [9.17, 15) is 0 Å². The number of rotatable bonds is 3. The minimum absolute atomic E-state index is 0. The van der Waals surface area contributed by atoms with Crippen molar-refractivity contribution in [2.24, 2.45) is 7.05 Å². The molecule has 0 saturated carbocycles. The summed E-state index contributed by atoms with van der Waals surface area (Å²) in [5.41, 5.74) is 14.2. The number of fused-ring (bicyclic) bond motifs is 12. The zero-order valence-corrected chi connectivity index (χ0v) is 234. The Morgan fingerprint density at radius 1 is 0.228 bits per heavy atom. The number of benzene rings is 9. The van der Waals surface area contributed by atoms with Crippen LogP contribution in [0.2, 0.25) is 0 Å². The molecule has 0 unspecified atom stereocenters. The summed E-state index contributed by atoms with van der Waals surface area (Å²) in [5, 5.41) is 10.1. The fourth-order valence-electron chi connectivity index (χ4n) is 9.92. The first-order chi connectivity index (χ1) is 43.3. The molecule has 0 saturated heterocycles. The minimum atomic E-state index is 0. The molecule has 0 aliphatic heterocycles. The molecule has 4 heterocycles. The fourth-order valence-corrected chi connectivity index (χ4v) is 9.92. The van der Waals surface area contributed by atoms with Gasteiger partial charge in [-0.15, -0.1) is 5.56 Å². The van der Waals surface area contributed by atoms with Gasteiger partial charge in [0.2, 0.25) is 0 Å². The zero-order valence-electron chi connectivity index (χ0n) is 63.8. The number of hydrogen-bond acceptors (Lipinski definition) is 0. The maximum Gasteiger partial charge on any atom is 0 e. The summed E-state index contributed by atoms with van der Waals surface area (Å²) < 4.78 is 20.9. The van der Waals surface area contributed by atoms with Crippen LogP contribution < -0.4 is 0 Å². The summed E-state index contributed by atoms with van der Waals surface area (Å²) in [6.45, 7) is 9.93. The Bertz CT molecular complexity index is 4060. The summed E-state index contributed by atoms with van der Waals surface area (Å²) in [6, 6.07) is 75.6. The molecule has 13 rings (SSSR count). The predicted octanol–water partition coefficient (Wildman–Crippen LogP) is 15.1. The van der Waals surface area contributed by atoms with Crippen molar-refractivity contribution in [2.45, 2.75) is 34.6 Å². The third-order valence-electron chi connectivity index (χ3n) is 12.6. The number of para-hydroxylation sites is 8. The minimum Gasteiger partial charge on any atom is 0 e. The third kappa shape index (κ3) is 99.0. The van der Waals surface area contributed by atoms with Gasteiger partial charge in [0.15, 0.2) is 0 Å². The van der Waals surface area contributed by atoms with Gasteiger partial charge in [-0.3, -0.25) is 0 Å². The van der Waals surface area contributed by atoms with E-state index >= 15 is 0 Å². The molecule has 0 aliphatic carbocycles. The van der Waals surface area contributed by atoms with Crippen molar-refractivity contribution >= 4 is 110 Å². The van der Waals surface area contributed by atoms with E-state index in [4.69, 9.17) is 0 Å². The van der Waals surface area contributed by atoms with Crippen molar-refractivity contribution in [3.63, 3.8) is 0 Å².